The summed E-state index contributed by atoms with van der Waals surface area (Å²) < 4.78 is 0. The summed E-state index contributed by atoms with van der Waals surface area (Å²) >= 11 is 0. The smallest absolute Gasteiger partial charge is 0.0916 e. The summed E-state index contributed by atoms with van der Waals surface area (Å²) in [6.45, 7) is 4.65. The van der Waals surface area contributed by atoms with Gasteiger partial charge in [0.15, 0.2) is 0 Å². The number of aliphatic hydroxyl groups excluding tert-OH is 1. The van der Waals surface area contributed by atoms with Gasteiger partial charge in [-0.05, 0) is 57.1 Å². The average molecular weight is 291 g/mol. The van der Waals surface area contributed by atoms with Crippen LogP contribution in [0.4, 0.5) is 0 Å². The normalized spacial score (nSPS) is 19.1. The second-order valence-electron chi connectivity index (χ2n) is 6.47. The first-order valence-corrected chi connectivity index (χ1v) is 7.92. The molecule has 1 aliphatic rings. The SMILES string of the molecule is CN(C)CC1CCN(CC(O)c2ccc(CN)cc2)CC1. The zero-order valence-electron chi connectivity index (χ0n) is 13.3. The molecule has 1 aromatic carbocycles. The van der Waals surface area contributed by atoms with Gasteiger partial charge in [-0.3, -0.25) is 0 Å². The molecule has 4 nitrogen and oxygen atoms in total. The lowest BCUT2D eigenvalue weighted by Crippen LogP contribution is -2.39. The monoisotopic (exact) mass is 291 g/mol. The summed E-state index contributed by atoms with van der Waals surface area (Å²) in [5, 5.41) is 10.4. The third kappa shape index (κ3) is 5.08. The van der Waals surface area contributed by atoms with E-state index in [4.69, 9.17) is 5.73 Å². The highest BCUT2D eigenvalue weighted by atomic mass is 16.3. The van der Waals surface area contributed by atoms with Gasteiger partial charge in [0.2, 0.25) is 0 Å². The fourth-order valence-electron chi connectivity index (χ4n) is 3.09. The van der Waals surface area contributed by atoms with Gasteiger partial charge < -0.3 is 20.6 Å². The van der Waals surface area contributed by atoms with E-state index in [-0.39, 0.29) is 0 Å². The van der Waals surface area contributed by atoms with Crippen molar-refractivity contribution < 1.29 is 5.11 Å². The molecule has 1 aromatic rings. The number of piperidine rings is 1. The van der Waals surface area contributed by atoms with Crippen LogP contribution in [0.15, 0.2) is 24.3 Å². The lowest BCUT2D eigenvalue weighted by atomic mass is 9.96. The molecule has 1 unspecified atom stereocenters. The van der Waals surface area contributed by atoms with Crippen LogP contribution in [-0.4, -0.2) is 55.2 Å². The summed E-state index contributed by atoms with van der Waals surface area (Å²) in [6.07, 6.45) is 2.07. The zero-order chi connectivity index (χ0) is 15.2. The summed E-state index contributed by atoms with van der Waals surface area (Å²) in [5.41, 5.74) is 7.69. The fourth-order valence-corrected chi connectivity index (χ4v) is 3.09. The summed E-state index contributed by atoms with van der Waals surface area (Å²) in [5.74, 6) is 0.803. The largest absolute Gasteiger partial charge is 0.387 e. The minimum Gasteiger partial charge on any atom is -0.387 e. The third-order valence-corrected chi connectivity index (χ3v) is 4.36. The summed E-state index contributed by atoms with van der Waals surface area (Å²) in [6, 6.07) is 7.99. The van der Waals surface area contributed by atoms with Crippen molar-refractivity contribution in [2.75, 3.05) is 40.3 Å². The van der Waals surface area contributed by atoms with Crippen molar-refractivity contribution in [1.29, 1.82) is 0 Å². The number of hydrogen-bond donors (Lipinski definition) is 2. The van der Waals surface area contributed by atoms with E-state index in [2.05, 4.69) is 23.9 Å². The van der Waals surface area contributed by atoms with Crippen LogP contribution >= 0.6 is 0 Å². The van der Waals surface area contributed by atoms with Gasteiger partial charge >= 0.3 is 0 Å². The van der Waals surface area contributed by atoms with Crippen LogP contribution in [0.1, 0.15) is 30.1 Å². The van der Waals surface area contributed by atoms with Crippen molar-refractivity contribution in [3.8, 4) is 0 Å². The first-order valence-electron chi connectivity index (χ1n) is 7.92. The lowest BCUT2D eigenvalue weighted by molar-refractivity contribution is 0.0847. The number of nitrogens with two attached hydrogens (primary N) is 1. The topological polar surface area (TPSA) is 52.7 Å². The second-order valence-corrected chi connectivity index (χ2v) is 6.47. The van der Waals surface area contributed by atoms with Gasteiger partial charge in [0.05, 0.1) is 6.10 Å². The average Bonchev–Trinajstić information content (AvgIpc) is 2.49. The molecule has 3 N–H and O–H groups in total. The quantitative estimate of drug-likeness (QED) is 0.833. The molecular weight excluding hydrogens is 262 g/mol. The van der Waals surface area contributed by atoms with E-state index in [1.54, 1.807) is 0 Å². The molecule has 0 aliphatic carbocycles. The molecule has 0 spiro atoms. The van der Waals surface area contributed by atoms with Crippen LogP contribution in [-0.2, 0) is 6.54 Å². The highest BCUT2D eigenvalue weighted by Gasteiger charge is 2.21. The van der Waals surface area contributed by atoms with Gasteiger partial charge in [0.1, 0.15) is 0 Å². The van der Waals surface area contributed by atoms with Gasteiger partial charge in [0.25, 0.3) is 0 Å². The van der Waals surface area contributed by atoms with Crippen molar-refractivity contribution in [1.82, 2.24) is 9.80 Å². The molecule has 1 heterocycles. The van der Waals surface area contributed by atoms with Gasteiger partial charge in [-0.1, -0.05) is 24.3 Å². The zero-order valence-corrected chi connectivity index (χ0v) is 13.3. The molecule has 1 fully saturated rings. The van der Waals surface area contributed by atoms with E-state index in [0.717, 1.165) is 36.7 Å². The van der Waals surface area contributed by atoms with Crippen LogP contribution in [0, 0.1) is 5.92 Å². The van der Waals surface area contributed by atoms with Crippen molar-refractivity contribution in [2.24, 2.45) is 11.7 Å². The Morgan fingerprint density at radius 1 is 1.24 bits per heavy atom. The Morgan fingerprint density at radius 3 is 2.38 bits per heavy atom. The van der Waals surface area contributed by atoms with Gasteiger partial charge in [-0.25, -0.2) is 0 Å². The minimum absolute atomic E-state index is 0.401. The number of aliphatic hydroxyl groups is 1. The Labute approximate surface area is 128 Å². The molecule has 0 radical (unpaired) electrons. The first kappa shape index (κ1) is 16.4. The molecule has 0 saturated carbocycles. The number of rotatable bonds is 6. The van der Waals surface area contributed by atoms with Crippen molar-refractivity contribution in [2.45, 2.75) is 25.5 Å². The second kappa shape index (κ2) is 7.90. The van der Waals surface area contributed by atoms with Crippen LogP contribution in [0.2, 0.25) is 0 Å². The molecule has 0 amide bonds. The minimum atomic E-state index is -0.401. The fraction of sp³-hybridized carbons (Fsp3) is 0.647. The molecule has 0 bridgehead atoms. The van der Waals surface area contributed by atoms with E-state index >= 15 is 0 Å². The van der Waals surface area contributed by atoms with E-state index in [9.17, 15) is 5.11 Å². The van der Waals surface area contributed by atoms with Crippen LogP contribution in [0.25, 0.3) is 0 Å². The number of benzene rings is 1. The van der Waals surface area contributed by atoms with Crippen molar-refractivity contribution in [3.05, 3.63) is 35.4 Å². The maximum absolute atomic E-state index is 10.4. The Bertz CT molecular complexity index is 411. The van der Waals surface area contributed by atoms with E-state index < -0.39 is 6.10 Å². The molecule has 4 heteroatoms. The molecule has 2 rings (SSSR count). The molecule has 21 heavy (non-hydrogen) atoms. The highest BCUT2D eigenvalue weighted by Crippen LogP contribution is 2.21. The molecular formula is C17H29N3O. The van der Waals surface area contributed by atoms with Gasteiger partial charge in [-0.15, -0.1) is 0 Å². The molecule has 1 aliphatic heterocycles. The maximum atomic E-state index is 10.4. The van der Waals surface area contributed by atoms with Crippen molar-refractivity contribution >= 4 is 0 Å². The Balaban J connectivity index is 1.79. The Kier molecular flexibility index (Phi) is 6.18. The van der Waals surface area contributed by atoms with Crippen molar-refractivity contribution in [3.63, 3.8) is 0 Å². The van der Waals surface area contributed by atoms with E-state index in [1.807, 2.05) is 24.3 Å². The Hall–Kier alpha value is -0.940. The Morgan fingerprint density at radius 2 is 1.86 bits per heavy atom. The number of nitrogens with zero attached hydrogens (tertiary/aromatic N) is 2. The molecule has 0 aromatic heterocycles. The third-order valence-electron chi connectivity index (χ3n) is 4.36. The van der Waals surface area contributed by atoms with Crippen LogP contribution < -0.4 is 5.73 Å². The van der Waals surface area contributed by atoms with Crippen LogP contribution in [0.3, 0.4) is 0 Å². The molecule has 1 saturated heterocycles. The van der Waals surface area contributed by atoms with Crippen LogP contribution in [0.5, 0.6) is 0 Å². The van der Waals surface area contributed by atoms with Gasteiger partial charge in [0, 0.05) is 19.6 Å². The van der Waals surface area contributed by atoms with E-state index in [0.29, 0.717) is 6.54 Å². The highest BCUT2D eigenvalue weighted by molar-refractivity contribution is 5.24. The predicted molar refractivity (Wildman–Crippen MR) is 87.0 cm³/mol. The lowest BCUT2D eigenvalue weighted by Gasteiger charge is -2.34. The summed E-state index contributed by atoms with van der Waals surface area (Å²) in [7, 11) is 4.28. The number of β-amino-alcohol motifs (C(OH)–C–C–N with tert-alkyl or cyclic N) is 1. The number of likely N-dealkylation sites (tertiary alicyclic amines) is 1. The van der Waals surface area contributed by atoms with Gasteiger partial charge in [-0.2, -0.15) is 0 Å². The predicted octanol–water partition coefficient (Wildman–Crippen LogP) is 1.45. The first-order chi connectivity index (χ1) is 10.1. The maximum Gasteiger partial charge on any atom is 0.0916 e. The molecule has 1 atom stereocenters. The number of hydrogen-bond acceptors (Lipinski definition) is 4. The standard InChI is InChI=1S/C17H29N3O/c1-19(2)12-15-7-9-20(10-8-15)13-17(21)16-5-3-14(11-18)4-6-16/h3-6,15,17,21H,7-13,18H2,1-2H3. The summed E-state index contributed by atoms with van der Waals surface area (Å²) in [4.78, 5) is 4.65. The molecule has 118 valence electrons. The van der Waals surface area contributed by atoms with E-state index in [1.165, 1.54) is 19.4 Å².